The Morgan fingerprint density at radius 1 is 1.09 bits per heavy atom. The molecule has 7 nitrogen and oxygen atoms in total. The summed E-state index contributed by atoms with van der Waals surface area (Å²) in [6.07, 6.45) is 2.93. The van der Waals surface area contributed by atoms with Gasteiger partial charge in [0, 0.05) is 49.3 Å². The number of anilines is 1. The summed E-state index contributed by atoms with van der Waals surface area (Å²) in [5.41, 5.74) is 0.262. The molecule has 198 valence electrons. The average molecular weight is 500 g/mol. The fourth-order valence-corrected chi connectivity index (χ4v) is 4.88. The Bertz CT molecular complexity index is 807. The van der Waals surface area contributed by atoms with Gasteiger partial charge in [0.05, 0.1) is 6.61 Å². The zero-order chi connectivity index (χ0) is 25.5. The topological polar surface area (TPSA) is 70.6 Å². The average Bonchev–Trinajstić information content (AvgIpc) is 3.03. The zero-order valence-electron chi connectivity index (χ0n) is 21.2. The van der Waals surface area contributed by atoms with Crippen molar-refractivity contribution in [2.45, 2.75) is 83.5 Å². The fourth-order valence-electron chi connectivity index (χ4n) is 4.88. The number of carbonyl (C=O) groups is 1. The van der Waals surface area contributed by atoms with Crippen LogP contribution in [0, 0.1) is 5.92 Å². The van der Waals surface area contributed by atoms with Crippen LogP contribution in [0.2, 0.25) is 0 Å². The summed E-state index contributed by atoms with van der Waals surface area (Å²) in [5, 5.41) is 2.91. The molecule has 10 heteroatoms. The summed E-state index contributed by atoms with van der Waals surface area (Å²) in [6.45, 7) is 10.3. The SMILES string of the molecule is CC(C)(C)c1nc(CCOC(F)(F)F)cc(N2CCCN(CCC3CCC(NC=O)CC3)CC2)n1. The van der Waals surface area contributed by atoms with Crippen molar-refractivity contribution in [2.24, 2.45) is 5.92 Å². The van der Waals surface area contributed by atoms with Crippen LogP contribution in [0.3, 0.4) is 0 Å². The third kappa shape index (κ3) is 9.22. The first-order chi connectivity index (χ1) is 16.5. The van der Waals surface area contributed by atoms with Crippen LogP contribution in [-0.2, 0) is 21.4 Å². The molecule has 0 radical (unpaired) electrons. The summed E-state index contributed by atoms with van der Waals surface area (Å²) in [7, 11) is 0. The Labute approximate surface area is 206 Å². The normalized spacial score (nSPS) is 22.6. The van der Waals surface area contributed by atoms with E-state index >= 15 is 0 Å². The maximum atomic E-state index is 12.4. The number of hydrogen-bond acceptors (Lipinski definition) is 6. The number of rotatable bonds is 9. The van der Waals surface area contributed by atoms with E-state index in [0.717, 1.165) is 70.1 Å². The van der Waals surface area contributed by atoms with Gasteiger partial charge in [0.1, 0.15) is 11.6 Å². The van der Waals surface area contributed by atoms with Crippen LogP contribution >= 0.6 is 0 Å². The molecule has 35 heavy (non-hydrogen) atoms. The first kappa shape index (κ1) is 27.6. The standard InChI is InChI=1S/C25H40F3N5O2/c1-24(2,3)23-30-21(10-16-35-25(26,27)28)17-22(31-23)33-12-4-11-32(14-15-33)13-9-19-5-7-20(8-6-19)29-18-34/h17-20H,4-16H2,1-3H3,(H,29,34). The molecular weight excluding hydrogens is 459 g/mol. The number of aromatic nitrogens is 2. The van der Waals surface area contributed by atoms with Crippen molar-refractivity contribution < 1.29 is 22.7 Å². The maximum Gasteiger partial charge on any atom is 0.522 e. The van der Waals surface area contributed by atoms with Gasteiger partial charge in [-0.05, 0) is 57.5 Å². The van der Waals surface area contributed by atoms with E-state index in [1.165, 1.54) is 19.3 Å². The summed E-state index contributed by atoms with van der Waals surface area (Å²) in [4.78, 5) is 24.7. The smallest absolute Gasteiger partial charge is 0.356 e. The molecule has 0 spiro atoms. The van der Waals surface area contributed by atoms with Crippen molar-refractivity contribution in [1.29, 1.82) is 0 Å². The van der Waals surface area contributed by atoms with Crippen LogP contribution in [0.1, 0.15) is 70.8 Å². The number of ether oxygens (including phenoxy) is 1. The molecule has 1 aromatic heterocycles. The summed E-state index contributed by atoms with van der Waals surface area (Å²) >= 11 is 0. The van der Waals surface area contributed by atoms with Crippen molar-refractivity contribution in [3.05, 3.63) is 17.6 Å². The molecular formula is C25H40F3N5O2. The highest BCUT2D eigenvalue weighted by Gasteiger charge is 2.29. The summed E-state index contributed by atoms with van der Waals surface area (Å²) in [6, 6.07) is 2.16. The van der Waals surface area contributed by atoms with E-state index in [1.807, 2.05) is 26.8 Å². The number of nitrogens with zero attached hydrogens (tertiary/aromatic N) is 4. The van der Waals surface area contributed by atoms with Crippen LogP contribution in [0.15, 0.2) is 6.07 Å². The van der Waals surface area contributed by atoms with E-state index in [0.29, 0.717) is 17.6 Å². The van der Waals surface area contributed by atoms with Crippen molar-refractivity contribution in [2.75, 3.05) is 44.2 Å². The molecule has 0 bridgehead atoms. The lowest BCUT2D eigenvalue weighted by Crippen LogP contribution is -2.35. The van der Waals surface area contributed by atoms with Crippen LogP contribution in [0.5, 0.6) is 0 Å². The Morgan fingerprint density at radius 3 is 2.49 bits per heavy atom. The van der Waals surface area contributed by atoms with Crippen molar-refractivity contribution >= 4 is 12.2 Å². The molecule has 1 N–H and O–H groups in total. The number of carbonyl (C=O) groups excluding carboxylic acids is 1. The van der Waals surface area contributed by atoms with Gasteiger partial charge in [-0.25, -0.2) is 9.97 Å². The maximum absolute atomic E-state index is 12.4. The van der Waals surface area contributed by atoms with Crippen molar-refractivity contribution in [3.8, 4) is 0 Å². The molecule has 1 aliphatic carbocycles. The molecule has 0 atom stereocenters. The van der Waals surface area contributed by atoms with Gasteiger partial charge in [-0.2, -0.15) is 0 Å². The number of halogens is 3. The van der Waals surface area contributed by atoms with E-state index in [-0.39, 0.29) is 11.8 Å². The van der Waals surface area contributed by atoms with E-state index < -0.39 is 13.0 Å². The van der Waals surface area contributed by atoms with Crippen LogP contribution in [-0.4, -0.2) is 73.0 Å². The lowest BCUT2D eigenvalue weighted by molar-refractivity contribution is -0.324. The first-order valence-electron chi connectivity index (χ1n) is 12.8. The quantitative estimate of drug-likeness (QED) is 0.517. The Morgan fingerprint density at radius 2 is 1.83 bits per heavy atom. The van der Waals surface area contributed by atoms with Gasteiger partial charge in [0.15, 0.2) is 0 Å². The molecule has 2 aliphatic rings. The lowest BCUT2D eigenvalue weighted by atomic mass is 9.84. The molecule has 0 aromatic carbocycles. The monoisotopic (exact) mass is 499 g/mol. The van der Waals surface area contributed by atoms with E-state index in [2.05, 4.69) is 24.8 Å². The molecule has 3 rings (SSSR count). The predicted molar refractivity (Wildman–Crippen MR) is 129 cm³/mol. The molecule has 1 aromatic rings. The molecule has 1 saturated heterocycles. The minimum Gasteiger partial charge on any atom is -0.356 e. The number of nitrogens with one attached hydrogen (secondary N) is 1. The van der Waals surface area contributed by atoms with Gasteiger partial charge < -0.3 is 15.1 Å². The van der Waals surface area contributed by atoms with Gasteiger partial charge >= 0.3 is 6.36 Å². The first-order valence-corrected chi connectivity index (χ1v) is 12.8. The highest BCUT2D eigenvalue weighted by molar-refractivity contribution is 5.46. The number of hydrogen-bond donors (Lipinski definition) is 1. The zero-order valence-corrected chi connectivity index (χ0v) is 21.2. The third-order valence-electron chi connectivity index (χ3n) is 6.98. The molecule has 1 amide bonds. The second-order valence-electron chi connectivity index (χ2n) is 10.8. The Hall–Kier alpha value is -1.94. The van der Waals surface area contributed by atoms with Crippen molar-refractivity contribution in [3.63, 3.8) is 0 Å². The Kier molecular flexibility index (Phi) is 9.75. The van der Waals surface area contributed by atoms with Crippen LogP contribution in [0.25, 0.3) is 0 Å². The molecule has 0 unspecified atom stereocenters. The lowest BCUT2D eigenvalue weighted by Gasteiger charge is -2.30. The van der Waals surface area contributed by atoms with E-state index in [1.54, 1.807) is 0 Å². The molecule has 2 fully saturated rings. The molecule has 2 heterocycles. The van der Waals surface area contributed by atoms with Gasteiger partial charge in [0.2, 0.25) is 6.41 Å². The third-order valence-corrected chi connectivity index (χ3v) is 6.98. The minimum atomic E-state index is -4.64. The fraction of sp³-hybridized carbons (Fsp3) is 0.800. The molecule has 1 saturated carbocycles. The number of amides is 1. The van der Waals surface area contributed by atoms with Gasteiger partial charge in [-0.15, -0.1) is 13.2 Å². The second-order valence-corrected chi connectivity index (χ2v) is 10.8. The summed E-state index contributed by atoms with van der Waals surface area (Å²) < 4.78 is 41.3. The number of alkyl halides is 3. The van der Waals surface area contributed by atoms with Crippen molar-refractivity contribution in [1.82, 2.24) is 20.2 Å². The van der Waals surface area contributed by atoms with Gasteiger partial charge in [-0.1, -0.05) is 20.8 Å². The van der Waals surface area contributed by atoms with Crippen LogP contribution in [0.4, 0.5) is 19.0 Å². The van der Waals surface area contributed by atoms with Gasteiger partial charge in [0.25, 0.3) is 0 Å². The molecule has 1 aliphatic heterocycles. The highest BCUT2D eigenvalue weighted by Crippen LogP contribution is 2.28. The minimum absolute atomic E-state index is 0.0860. The van der Waals surface area contributed by atoms with Gasteiger partial charge in [-0.3, -0.25) is 9.53 Å². The van der Waals surface area contributed by atoms with Crippen LogP contribution < -0.4 is 10.2 Å². The van der Waals surface area contributed by atoms with E-state index in [4.69, 9.17) is 4.98 Å². The summed E-state index contributed by atoms with van der Waals surface area (Å²) in [5.74, 6) is 2.14. The largest absolute Gasteiger partial charge is 0.522 e. The highest BCUT2D eigenvalue weighted by atomic mass is 19.4. The predicted octanol–water partition coefficient (Wildman–Crippen LogP) is 4.06. The van der Waals surface area contributed by atoms with E-state index in [9.17, 15) is 18.0 Å². The Balaban J connectivity index is 1.56. The second kappa shape index (κ2) is 12.3.